The summed E-state index contributed by atoms with van der Waals surface area (Å²) in [5, 5.41) is 22.6. The van der Waals surface area contributed by atoms with Crippen molar-refractivity contribution in [1.29, 1.82) is 0 Å². The van der Waals surface area contributed by atoms with E-state index in [4.69, 9.17) is 0 Å². The van der Waals surface area contributed by atoms with Gasteiger partial charge in [0.15, 0.2) is 0 Å². The normalized spacial score (nSPS) is 9.92. The van der Waals surface area contributed by atoms with Crippen LogP contribution in [0.15, 0.2) is 60.7 Å². The number of thiophene rings is 1. The van der Waals surface area contributed by atoms with Crippen molar-refractivity contribution < 1.29 is 10.2 Å². The van der Waals surface area contributed by atoms with Crippen molar-refractivity contribution in [3.8, 4) is 22.6 Å². The van der Waals surface area contributed by atoms with E-state index in [2.05, 4.69) is 18.2 Å². The van der Waals surface area contributed by atoms with Gasteiger partial charge in [-0.1, -0.05) is 70.2 Å². The van der Waals surface area contributed by atoms with Gasteiger partial charge in [0.05, 0.1) is 5.56 Å². The highest BCUT2D eigenvalue weighted by Crippen LogP contribution is 2.44. The van der Waals surface area contributed by atoms with E-state index in [9.17, 15) is 10.2 Å². The summed E-state index contributed by atoms with van der Waals surface area (Å²) in [5.41, 5.74) is 1.36. The molecule has 0 aliphatic carbocycles. The molecular formula is C22H24O2S. The van der Waals surface area contributed by atoms with Crippen LogP contribution in [0, 0.1) is 0 Å². The summed E-state index contributed by atoms with van der Waals surface area (Å²) in [7, 11) is 0. The maximum Gasteiger partial charge on any atom is 0.127 e. The summed E-state index contributed by atoms with van der Waals surface area (Å²) in [6.45, 7) is 8.00. The summed E-state index contributed by atoms with van der Waals surface area (Å²) in [5.74, 6) is 0.194. The monoisotopic (exact) mass is 352 g/mol. The second-order valence-corrected chi connectivity index (χ2v) is 6.00. The van der Waals surface area contributed by atoms with Gasteiger partial charge in [0, 0.05) is 25.7 Å². The lowest BCUT2D eigenvalue weighted by atomic mass is 10.0. The van der Waals surface area contributed by atoms with Gasteiger partial charge >= 0.3 is 0 Å². The quantitative estimate of drug-likeness (QED) is 0.381. The van der Waals surface area contributed by atoms with Crippen LogP contribution >= 0.6 is 11.3 Å². The molecule has 0 amide bonds. The average Bonchev–Trinajstić information content (AvgIpc) is 3.04. The van der Waals surface area contributed by atoms with E-state index in [1.54, 1.807) is 29.5 Å². The SMILES string of the molecule is CC.CC.Oc1cccc(O)c1-c1cccc2c1sc1ccccc12. The standard InChI is InChI=1S/C18H12O2S.2C2H6/c19-14-8-4-9-15(20)17(14)13-7-3-6-12-11-5-1-2-10-16(11)21-18(12)13;2*1-2/h1-10,19-20H;2*1-2H3. The predicted octanol–water partition coefficient (Wildman–Crippen LogP) is 7.19. The first-order chi connectivity index (χ1) is 12.3. The van der Waals surface area contributed by atoms with E-state index in [1.165, 1.54) is 10.1 Å². The number of rotatable bonds is 1. The zero-order valence-electron chi connectivity index (χ0n) is 15.1. The molecule has 0 bridgehead atoms. The molecule has 0 spiro atoms. The first kappa shape index (κ1) is 18.8. The fourth-order valence-electron chi connectivity index (χ4n) is 2.75. The molecule has 130 valence electrons. The molecule has 2 nitrogen and oxygen atoms in total. The van der Waals surface area contributed by atoms with Crippen LogP contribution in [-0.2, 0) is 0 Å². The molecular weight excluding hydrogens is 328 g/mol. The van der Waals surface area contributed by atoms with Gasteiger partial charge in [-0.3, -0.25) is 0 Å². The molecule has 0 saturated heterocycles. The minimum Gasteiger partial charge on any atom is -0.507 e. The highest BCUT2D eigenvalue weighted by Gasteiger charge is 2.15. The number of fused-ring (bicyclic) bond motifs is 3. The van der Waals surface area contributed by atoms with Crippen LogP contribution < -0.4 is 0 Å². The van der Waals surface area contributed by atoms with E-state index in [0.717, 1.165) is 15.6 Å². The number of benzene rings is 3. The summed E-state index contributed by atoms with van der Waals surface area (Å²) in [4.78, 5) is 0. The Morgan fingerprint density at radius 3 is 1.88 bits per heavy atom. The Labute approximate surface area is 153 Å². The van der Waals surface area contributed by atoms with Crippen molar-refractivity contribution in [2.24, 2.45) is 0 Å². The maximum absolute atomic E-state index is 10.1. The van der Waals surface area contributed by atoms with Crippen LogP contribution in [0.3, 0.4) is 0 Å². The van der Waals surface area contributed by atoms with Crippen LogP contribution in [0.1, 0.15) is 27.7 Å². The first-order valence-electron chi connectivity index (χ1n) is 8.67. The molecule has 3 heteroatoms. The number of hydrogen-bond donors (Lipinski definition) is 2. The zero-order valence-corrected chi connectivity index (χ0v) is 15.9. The topological polar surface area (TPSA) is 40.5 Å². The molecule has 3 aromatic carbocycles. The third-order valence-corrected chi connectivity index (χ3v) is 4.91. The first-order valence-corrected chi connectivity index (χ1v) is 9.49. The highest BCUT2D eigenvalue weighted by molar-refractivity contribution is 7.26. The lowest BCUT2D eigenvalue weighted by Crippen LogP contribution is -1.81. The van der Waals surface area contributed by atoms with Gasteiger partial charge < -0.3 is 10.2 Å². The minimum atomic E-state index is 0.0972. The fraction of sp³-hybridized carbons (Fsp3) is 0.182. The molecule has 0 aliphatic heterocycles. The van der Waals surface area contributed by atoms with E-state index in [0.29, 0.717) is 5.56 Å². The molecule has 0 radical (unpaired) electrons. The summed E-state index contributed by atoms with van der Waals surface area (Å²) < 4.78 is 2.28. The predicted molar refractivity (Wildman–Crippen MR) is 111 cm³/mol. The van der Waals surface area contributed by atoms with Gasteiger partial charge in [-0.2, -0.15) is 0 Å². The van der Waals surface area contributed by atoms with Crippen molar-refractivity contribution in [2.75, 3.05) is 0 Å². The Balaban J connectivity index is 0.000000528. The van der Waals surface area contributed by atoms with E-state index in [1.807, 2.05) is 52.0 Å². The molecule has 4 aromatic rings. The van der Waals surface area contributed by atoms with Crippen molar-refractivity contribution in [3.63, 3.8) is 0 Å². The smallest absolute Gasteiger partial charge is 0.127 e. The van der Waals surface area contributed by atoms with Crippen LogP contribution in [-0.4, -0.2) is 10.2 Å². The van der Waals surface area contributed by atoms with Gasteiger partial charge in [-0.25, -0.2) is 0 Å². The number of hydrogen-bond acceptors (Lipinski definition) is 3. The van der Waals surface area contributed by atoms with E-state index < -0.39 is 0 Å². The summed E-state index contributed by atoms with van der Waals surface area (Å²) in [6, 6.07) is 19.1. The van der Waals surface area contributed by atoms with Crippen molar-refractivity contribution in [2.45, 2.75) is 27.7 Å². The van der Waals surface area contributed by atoms with Gasteiger partial charge in [0.25, 0.3) is 0 Å². The average molecular weight is 352 g/mol. The molecule has 25 heavy (non-hydrogen) atoms. The van der Waals surface area contributed by atoms with E-state index in [-0.39, 0.29) is 11.5 Å². The van der Waals surface area contributed by atoms with Crippen LogP contribution in [0.25, 0.3) is 31.3 Å². The second-order valence-electron chi connectivity index (χ2n) is 4.95. The van der Waals surface area contributed by atoms with Gasteiger partial charge in [0.2, 0.25) is 0 Å². The molecule has 1 aromatic heterocycles. The summed E-state index contributed by atoms with van der Waals surface area (Å²) >= 11 is 1.68. The van der Waals surface area contributed by atoms with Crippen molar-refractivity contribution in [3.05, 3.63) is 60.7 Å². The number of phenols is 2. The fourth-order valence-corrected chi connectivity index (χ4v) is 3.97. The lowest BCUT2D eigenvalue weighted by Gasteiger charge is -2.08. The third kappa shape index (κ3) is 3.47. The Morgan fingerprint density at radius 2 is 1.20 bits per heavy atom. The van der Waals surface area contributed by atoms with Crippen LogP contribution in [0.2, 0.25) is 0 Å². The largest absolute Gasteiger partial charge is 0.507 e. The molecule has 0 saturated carbocycles. The van der Waals surface area contributed by atoms with Gasteiger partial charge in [-0.05, 0) is 18.2 Å². The number of aromatic hydroxyl groups is 2. The summed E-state index contributed by atoms with van der Waals surface area (Å²) in [6.07, 6.45) is 0. The molecule has 4 rings (SSSR count). The zero-order chi connectivity index (χ0) is 18.4. The molecule has 0 atom stereocenters. The van der Waals surface area contributed by atoms with E-state index >= 15 is 0 Å². The Hall–Kier alpha value is -2.52. The second kappa shape index (κ2) is 8.54. The van der Waals surface area contributed by atoms with Crippen LogP contribution in [0.4, 0.5) is 0 Å². The molecule has 0 fully saturated rings. The van der Waals surface area contributed by atoms with Crippen molar-refractivity contribution in [1.82, 2.24) is 0 Å². The third-order valence-electron chi connectivity index (χ3n) is 3.69. The lowest BCUT2D eigenvalue weighted by molar-refractivity contribution is 0.454. The van der Waals surface area contributed by atoms with Crippen LogP contribution in [0.5, 0.6) is 11.5 Å². The minimum absolute atomic E-state index is 0.0972. The molecule has 1 heterocycles. The highest BCUT2D eigenvalue weighted by atomic mass is 32.1. The molecule has 2 N–H and O–H groups in total. The Morgan fingerprint density at radius 1 is 0.640 bits per heavy atom. The maximum atomic E-state index is 10.1. The Kier molecular flexibility index (Phi) is 6.43. The molecule has 0 aliphatic rings. The Bertz CT molecular complexity index is 950. The van der Waals surface area contributed by atoms with Gasteiger partial charge in [0.1, 0.15) is 11.5 Å². The van der Waals surface area contributed by atoms with Crippen molar-refractivity contribution >= 4 is 31.5 Å². The van der Waals surface area contributed by atoms with Gasteiger partial charge in [-0.15, -0.1) is 11.3 Å². The number of phenolic OH excluding ortho intramolecular Hbond substituents is 2. The molecule has 0 unspecified atom stereocenters.